The molecular formula is C13H11ClO2S. The van der Waals surface area contributed by atoms with Crippen LogP contribution in [0.2, 0.25) is 5.02 Å². The van der Waals surface area contributed by atoms with E-state index >= 15 is 0 Å². The highest BCUT2D eigenvalue weighted by molar-refractivity contribution is 7.15. The van der Waals surface area contributed by atoms with Crippen LogP contribution in [0, 0.1) is 0 Å². The second kappa shape index (κ2) is 5.34. The van der Waals surface area contributed by atoms with Crippen molar-refractivity contribution < 1.29 is 9.53 Å². The highest BCUT2D eigenvalue weighted by Crippen LogP contribution is 2.30. The predicted molar refractivity (Wildman–Crippen MR) is 70.6 cm³/mol. The molecule has 0 saturated carbocycles. The van der Waals surface area contributed by atoms with E-state index in [0.717, 1.165) is 29.0 Å². The van der Waals surface area contributed by atoms with Crippen molar-refractivity contribution in [1.29, 1.82) is 0 Å². The van der Waals surface area contributed by atoms with E-state index in [2.05, 4.69) is 0 Å². The first-order valence-corrected chi connectivity index (χ1v) is 6.43. The minimum absolute atomic E-state index is 0.657. The zero-order valence-electron chi connectivity index (χ0n) is 9.27. The Morgan fingerprint density at radius 1 is 1.35 bits per heavy atom. The van der Waals surface area contributed by atoms with Crippen molar-refractivity contribution in [3.63, 3.8) is 0 Å². The van der Waals surface area contributed by atoms with Gasteiger partial charge >= 0.3 is 0 Å². The van der Waals surface area contributed by atoms with E-state index in [1.165, 1.54) is 11.3 Å². The quantitative estimate of drug-likeness (QED) is 0.758. The largest absolute Gasteiger partial charge is 0.447 e. The van der Waals surface area contributed by atoms with Gasteiger partial charge < -0.3 is 4.74 Å². The molecule has 4 heteroatoms. The monoisotopic (exact) mass is 266 g/mol. The summed E-state index contributed by atoms with van der Waals surface area (Å²) in [6.07, 6.45) is 1.68. The summed E-state index contributed by atoms with van der Waals surface area (Å²) >= 11 is 7.35. The molecule has 0 aliphatic carbocycles. The molecule has 0 amide bonds. The fraction of sp³-hybridized carbons (Fsp3) is 0.154. The number of rotatable bonds is 4. The molecule has 2 rings (SSSR count). The summed E-state index contributed by atoms with van der Waals surface area (Å²) in [6.45, 7) is 2.04. The van der Waals surface area contributed by atoms with Crippen LogP contribution in [0.3, 0.4) is 0 Å². The number of thiophene rings is 1. The van der Waals surface area contributed by atoms with Crippen molar-refractivity contribution in [2.24, 2.45) is 0 Å². The Balaban J connectivity index is 2.20. The van der Waals surface area contributed by atoms with E-state index in [4.69, 9.17) is 16.3 Å². The highest BCUT2D eigenvalue weighted by atomic mass is 35.5. The zero-order valence-corrected chi connectivity index (χ0v) is 10.8. The molecule has 0 atom stereocenters. The molecule has 0 bridgehead atoms. The van der Waals surface area contributed by atoms with Crippen molar-refractivity contribution in [2.75, 3.05) is 0 Å². The lowest BCUT2D eigenvalue weighted by Crippen LogP contribution is -1.85. The number of carbonyl (C=O) groups excluding carboxylic acids is 1. The van der Waals surface area contributed by atoms with Gasteiger partial charge in [0.05, 0.1) is 4.88 Å². The molecular weight excluding hydrogens is 256 g/mol. The van der Waals surface area contributed by atoms with E-state index in [-0.39, 0.29) is 0 Å². The third-order valence-electron chi connectivity index (χ3n) is 2.33. The zero-order chi connectivity index (χ0) is 12.3. The number of ether oxygens (including phenoxy) is 1. The van der Waals surface area contributed by atoms with Crippen molar-refractivity contribution in [3.8, 4) is 10.8 Å². The van der Waals surface area contributed by atoms with Crippen molar-refractivity contribution in [3.05, 3.63) is 45.8 Å². The van der Waals surface area contributed by atoms with Gasteiger partial charge in [-0.3, -0.25) is 4.79 Å². The molecule has 0 saturated heterocycles. The summed E-state index contributed by atoms with van der Waals surface area (Å²) in [6, 6.07) is 9.09. The van der Waals surface area contributed by atoms with Gasteiger partial charge in [-0.2, -0.15) is 0 Å². The Kier molecular flexibility index (Phi) is 3.82. The first kappa shape index (κ1) is 12.1. The van der Waals surface area contributed by atoms with Crippen LogP contribution in [0.15, 0.2) is 30.3 Å². The molecule has 88 valence electrons. The van der Waals surface area contributed by atoms with Gasteiger partial charge in [0.15, 0.2) is 11.3 Å². The lowest BCUT2D eigenvalue weighted by atomic mass is 10.1. The van der Waals surface area contributed by atoms with Crippen LogP contribution < -0.4 is 4.74 Å². The first-order chi connectivity index (χ1) is 8.22. The van der Waals surface area contributed by atoms with E-state index in [9.17, 15) is 4.79 Å². The third kappa shape index (κ3) is 2.87. The molecule has 2 aromatic rings. The standard InChI is InChI=1S/C13H11ClO2S/c1-2-9-7-10(3-5-12(9)14)16-13-6-4-11(8-15)17-13/h3-8H,2H2,1H3. The first-order valence-electron chi connectivity index (χ1n) is 5.24. The third-order valence-corrected chi connectivity index (χ3v) is 3.59. The average Bonchev–Trinajstić information content (AvgIpc) is 2.79. The number of benzene rings is 1. The maximum atomic E-state index is 10.6. The Hall–Kier alpha value is -1.32. The Labute approximate surface area is 109 Å². The van der Waals surface area contributed by atoms with Crippen molar-refractivity contribution >= 4 is 29.2 Å². The molecule has 2 nitrogen and oxygen atoms in total. The van der Waals surface area contributed by atoms with E-state index < -0.39 is 0 Å². The van der Waals surface area contributed by atoms with Crippen LogP contribution >= 0.6 is 22.9 Å². The second-order valence-electron chi connectivity index (χ2n) is 3.48. The number of hydrogen-bond donors (Lipinski definition) is 0. The molecule has 1 aromatic heterocycles. The summed E-state index contributed by atoms with van der Waals surface area (Å²) in [5.41, 5.74) is 1.05. The maximum absolute atomic E-state index is 10.6. The lowest BCUT2D eigenvalue weighted by Gasteiger charge is -2.06. The molecule has 1 aromatic carbocycles. The lowest BCUT2D eigenvalue weighted by molar-refractivity contribution is 0.112. The maximum Gasteiger partial charge on any atom is 0.181 e. The normalized spacial score (nSPS) is 10.2. The van der Waals surface area contributed by atoms with E-state index in [0.29, 0.717) is 9.94 Å². The second-order valence-corrected chi connectivity index (χ2v) is 4.97. The van der Waals surface area contributed by atoms with Crippen molar-refractivity contribution in [2.45, 2.75) is 13.3 Å². The SMILES string of the molecule is CCc1cc(Oc2ccc(C=O)s2)ccc1Cl. The van der Waals surface area contributed by atoms with Gasteiger partial charge in [-0.25, -0.2) is 0 Å². The van der Waals surface area contributed by atoms with Gasteiger partial charge in [0.25, 0.3) is 0 Å². The Morgan fingerprint density at radius 3 is 2.82 bits per heavy atom. The summed E-state index contributed by atoms with van der Waals surface area (Å²) < 4.78 is 5.66. The Morgan fingerprint density at radius 2 is 2.18 bits per heavy atom. The van der Waals surface area contributed by atoms with Crippen LogP contribution in [0.25, 0.3) is 0 Å². The van der Waals surface area contributed by atoms with Gasteiger partial charge in [0.2, 0.25) is 0 Å². The van der Waals surface area contributed by atoms with E-state index in [1.54, 1.807) is 12.1 Å². The summed E-state index contributed by atoms with van der Waals surface area (Å²) in [4.78, 5) is 11.2. The molecule has 17 heavy (non-hydrogen) atoms. The molecule has 1 heterocycles. The fourth-order valence-corrected chi connectivity index (χ4v) is 2.40. The topological polar surface area (TPSA) is 26.3 Å². The van der Waals surface area contributed by atoms with Gasteiger partial charge in [-0.05, 0) is 42.3 Å². The molecule has 0 unspecified atom stereocenters. The number of aryl methyl sites for hydroxylation is 1. The van der Waals surface area contributed by atoms with Gasteiger partial charge in [-0.1, -0.05) is 29.9 Å². The molecule has 0 N–H and O–H groups in total. The Bertz CT molecular complexity index is 534. The summed E-state index contributed by atoms with van der Waals surface area (Å²) in [5.74, 6) is 0.741. The minimum Gasteiger partial charge on any atom is -0.447 e. The molecule has 0 aliphatic rings. The van der Waals surface area contributed by atoms with Crippen molar-refractivity contribution in [1.82, 2.24) is 0 Å². The average molecular weight is 267 g/mol. The van der Waals surface area contributed by atoms with Gasteiger partial charge in [0.1, 0.15) is 5.75 Å². The van der Waals surface area contributed by atoms with Crippen LogP contribution in [0.5, 0.6) is 10.8 Å². The van der Waals surface area contributed by atoms with Gasteiger partial charge in [-0.15, -0.1) is 0 Å². The molecule has 0 radical (unpaired) electrons. The predicted octanol–water partition coefficient (Wildman–Crippen LogP) is 4.57. The van der Waals surface area contributed by atoms with E-state index in [1.807, 2.05) is 25.1 Å². The van der Waals surface area contributed by atoms with Crippen LogP contribution in [-0.4, -0.2) is 6.29 Å². The van der Waals surface area contributed by atoms with Gasteiger partial charge in [0, 0.05) is 5.02 Å². The molecule has 0 aliphatic heterocycles. The fourth-order valence-electron chi connectivity index (χ4n) is 1.45. The number of halogens is 1. The van der Waals surface area contributed by atoms with Crippen LogP contribution in [0.4, 0.5) is 0 Å². The number of carbonyl (C=O) groups is 1. The smallest absolute Gasteiger partial charge is 0.181 e. The number of aldehydes is 1. The molecule has 0 spiro atoms. The number of hydrogen-bond acceptors (Lipinski definition) is 3. The molecule has 0 fully saturated rings. The summed E-state index contributed by atoms with van der Waals surface area (Å²) in [7, 11) is 0. The minimum atomic E-state index is 0.657. The summed E-state index contributed by atoms with van der Waals surface area (Å²) in [5, 5.41) is 1.45. The van der Waals surface area contributed by atoms with Crippen LogP contribution in [0.1, 0.15) is 22.2 Å². The van der Waals surface area contributed by atoms with Crippen LogP contribution in [-0.2, 0) is 6.42 Å². The highest BCUT2D eigenvalue weighted by Gasteiger charge is 2.04.